The molecule has 0 bridgehead atoms. The van der Waals surface area contributed by atoms with Gasteiger partial charge in [-0.05, 0) is 42.5 Å². The topological polar surface area (TPSA) is 61.4 Å². The monoisotopic (exact) mass is 441 g/mol. The number of anilines is 2. The zero-order valence-corrected chi connectivity index (χ0v) is 19.2. The first kappa shape index (κ1) is 22.0. The van der Waals surface area contributed by atoms with Crippen molar-refractivity contribution in [3.05, 3.63) is 47.1 Å². The summed E-state index contributed by atoms with van der Waals surface area (Å²) < 4.78 is 0. The van der Waals surface area contributed by atoms with Crippen molar-refractivity contribution in [1.29, 1.82) is 0 Å². The van der Waals surface area contributed by atoms with E-state index in [0.717, 1.165) is 43.6 Å². The maximum absolute atomic E-state index is 13.1. The minimum absolute atomic E-state index is 0.0967. The van der Waals surface area contributed by atoms with Crippen LogP contribution in [0.15, 0.2) is 36.5 Å². The molecule has 1 aliphatic heterocycles. The summed E-state index contributed by atoms with van der Waals surface area (Å²) in [5.74, 6) is 0.984. The highest BCUT2D eigenvalue weighted by Crippen LogP contribution is 2.28. The average molecular weight is 442 g/mol. The van der Waals surface area contributed by atoms with Crippen molar-refractivity contribution in [1.82, 2.24) is 14.9 Å². The number of aromatic nitrogens is 2. The summed E-state index contributed by atoms with van der Waals surface area (Å²) in [7, 11) is 0. The van der Waals surface area contributed by atoms with Gasteiger partial charge in [0.1, 0.15) is 5.82 Å². The fourth-order valence-electron chi connectivity index (χ4n) is 4.87. The number of piperazine rings is 1. The van der Waals surface area contributed by atoms with Gasteiger partial charge in [-0.15, -0.1) is 0 Å². The summed E-state index contributed by atoms with van der Waals surface area (Å²) in [5.41, 5.74) is 0.941. The predicted octanol–water partition coefficient (Wildman–Crippen LogP) is 4.57. The second-order valence-electron chi connectivity index (χ2n) is 8.96. The van der Waals surface area contributed by atoms with Gasteiger partial charge in [0.15, 0.2) is 0 Å². The first-order valence-corrected chi connectivity index (χ1v) is 11.8. The maximum Gasteiger partial charge on any atom is 0.234 e. The molecule has 31 heavy (non-hydrogen) atoms. The number of benzene rings is 1. The molecule has 1 aromatic heterocycles. The zero-order chi connectivity index (χ0) is 21.8. The number of hydrogen-bond donors (Lipinski definition) is 1. The molecule has 2 fully saturated rings. The number of amides is 1. The number of nitrogens with zero attached hydrogens (tertiary/aromatic N) is 4. The fraction of sp³-hybridized carbons (Fsp3) is 0.542. The second-order valence-corrected chi connectivity index (χ2v) is 9.40. The third-order valence-corrected chi connectivity index (χ3v) is 6.79. The van der Waals surface area contributed by atoms with Gasteiger partial charge in [-0.3, -0.25) is 15.0 Å². The van der Waals surface area contributed by atoms with Gasteiger partial charge in [-0.1, -0.05) is 50.4 Å². The van der Waals surface area contributed by atoms with Crippen LogP contribution in [0.4, 0.5) is 11.8 Å². The summed E-state index contributed by atoms with van der Waals surface area (Å²) in [6.45, 7) is 8.14. The Bertz CT molecular complexity index is 874. The SMILES string of the molecule is CC(C)C(C(=O)Nc1nccc(N2CCN(C3CCCC3)CC2)n1)c1ccc(Cl)cc1. The van der Waals surface area contributed by atoms with Crippen molar-refractivity contribution >= 4 is 29.3 Å². The molecule has 0 radical (unpaired) electrons. The molecule has 7 heteroatoms. The lowest BCUT2D eigenvalue weighted by Crippen LogP contribution is -2.50. The lowest BCUT2D eigenvalue weighted by atomic mass is 9.88. The van der Waals surface area contributed by atoms with Gasteiger partial charge in [-0.25, -0.2) is 4.98 Å². The molecule has 1 N–H and O–H groups in total. The second kappa shape index (κ2) is 9.96. The van der Waals surface area contributed by atoms with Crippen LogP contribution in [0.25, 0.3) is 0 Å². The maximum atomic E-state index is 13.1. The van der Waals surface area contributed by atoms with Crippen LogP contribution in [-0.4, -0.2) is 53.0 Å². The van der Waals surface area contributed by atoms with Crippen LogP contribution in [0, 0.1) is 5.92 Å². The van der Waals surface area contributed by atoms with Crippen molar-refractivity contribution in [2.45, 2.75) is 51.5 Å². The molecule has 1 aliphatic carbocycles. The lowest BCUT2D eigenvalue weighted by Gasteiger charge is -2.38. The molecule has 1 saturated heterocycles. The van der Waals surface area contributed by atoms with E-state index < -0.39 is 0 Å². The molecule has 1 saturated carbocycles. The predicted molar refractivity (Wildman–Crippen MR) is 126 cm³/mol. The molecule has 0 spiro atoms. The number of carbonyl (C=O) groups excluding carboxylic acids is 1. The summed E-state index contributed by atoms with van der Waals surface area (Å²) in [5, 5.41) is 3.60. The van der Waals surface area contributed by atoms with E-state index in [-0.39, 0.29) is 17.7 Å². The molecule has 4 rings (SSSR count). The van der Waals surface area contributed by atoms with Crippen LogP contribution in [0.3, 0.4) is 0 Å². The molecule has 1 atom stereocenters. The minimum atomic E-state index is -0.292. The number of rotatable bonds is 6. The molecule has 2 aliphatic rings. The molecule has 2 aromatic rings. The lowest BCUT2D eigenvalue weighted by molar-refractivity contribution is -0.118. The smallest absolute Gasteiger partial charge is 0.234 e. The standard InChI is InChI=1S/C24H32ClN5O/c1-17(2)22(18-7-9-19(25)10-8-18)23(31)28-24-26-12-11-21(27-24)30-15-13-29(14-16-30)20-5-3-4-6-20/h7-12,17,20,22H,3-6,13-16H2,1-2H3,(H,26,27,28,31). The van der Waals surface area contributed by atoms with Gasteiger partial charge in [0, 0.05) is 43.4 Å². The van der Waals surface area contributed by atoms with E-state index in [1.165, 1.54) is 25.7 Å². The molecular formula is C24H32ClN5O. The molecule has 2 heterocycles. The Hall–Kier alpha value is -2.18. The first-order valence-electron chi connectivity index (χ1n) is 11.4. The highest BCUT2D eigenvalue weighted by Gasteiger charge is 2.27. The van der Waals surface area contributed by atoms with Crippen LogP contribution >= 0.6 is 11.6 Å². The third kappa shape index (κ3) is 5.36. The third-order valence-electron chi connectivity index (χ3n) is 6.53. The largest absolute Gasteiger partial charge is 0.354 e. The quantitative estimate of drug-likeness (QED) is 0.711. The molecule has 166 valence electrons. The Kier molecular flexibility index (Phi) is 7.08. The number of nitrogens with one attached hydrogen (secondary N) is 1. The van der Waals surface area contributed by atoms with E-state index in [2.05, 4.69) is 25.1 Å². The van der Waals surface area contributed by atoms with Crippen molar-refractivity contribution in [3.8, 4) is 0 Å². The van der Waals surface area contributed by atoms with Crippen molar-refractivity contribution in [3.63, 3.8) is 0 Å². The van der Waals surface area contributed by atoms with E-state index in [1.807, 2.05) is 44.2 Å². The highest BCUT2D eigenvalue weighted by atomic mass is 35.5. The van der Waals surface area contributed by atoms with Crippen molar-refractivity contribution in [2.24, 2.45) is 5.92 Å². The number of halogens is 1. The van der Waals surface area contributed by atoms with Gasteiger partial charge in [0.25, 0.3) is 0 Å². The van der Waals surface area contributed by atoms with Gasteiger partial charge < -0.3 is 4.90 Å². The molecule has 1 unspecified atom stereocenters. The van der Waals surface area contributed by atoms with Crippen LogP contribution in [-0.2, 0) is 4.79 Å². The van der Waals surface area contributed by atoms with E-state index in [4.69, 9.17) is 11.6 Å². The fourth-order valence-corrected chi connectivity index (χ4v) is 4.99. The Morgan fingerprint density at radius 2 is 1.74 bits per heavy atom. The van der Waals surface area contributed by atoms with E-state index in [0.29, 0.717) is 11.0 Å². The minimum Gasteiger partial charge on any atom is -0.354 e. The molecule has 1 aromatic carbocycles. The first-order chi connectivity index (χ1) is 15.0. The Labute approximate surface area is 190 Å². The summed E-state index contributed by atoms with van der Waals surface area (Å²) in [6, 6.07) is 10.2. The molecule has 6 nitrogen and oxygen atoms in total. The van der Waals surface area contributed by atoms with Crippen LogP contribution in [0.5, 0.6) is 0 Å². The Balaban J connectivity index is 1.40. The Morgan fingerprint density at radius 3 is 2.39 bits per heavy atom. The number of hydrogen-bond acceptors (Lipinski definition) is 5. The summed E-state index contributed by atoms with van der Waals surface area (Å²) >= 11 is 6.01. The summed E-state index contributed by atoms with van der Waals surface area (Å²) in [4.78, 5) is 27.0. The highest BCUT2D eigenvalue weighted by molar-refractivity contribution is 6.30. The summed E-state index contributed by atoms with van der Waals surface area (Å²) in [6.07, 6.45) is 7.15. The van der Waals surface area contributed by atoms with Crippen molar-refractivity contribution < 1.29 is 4.79 Å². The van der Waals surface area contributed by atoms with E-state index >= 15 is 0 Å². The molecule has 1 amide bonds. The van der Waals surface area contributed by atoms with E-state index in [9.17, 15) is 4.79 Å². The van der Waals surface area contributed by atoms with Gasteiger partial charge >= 0.3 is 0 Å². The van der Waals surface area contributed by atoms with Crippen LogP contribution in [0.2, 0.25) is 5.02 Å². The van der Waals surface area contributed by atoms with Crippen LogP contribution in [0.1, 0.15) is 51.0 Å². The zero-order valence-electron chi connectivity index (χ0n) is 18.4. The van der Waals surface area contributed by atoms with Gasteiger partial charge in [0.05, 0.1) is 5.92 Å². The number of carbonyl (C=O) groups is 1. The average Bonchev–Trinajstić information content (AvgIpc) is 3.30. The van der Waals surface area contributed by atoms with E-state index in [1.54, 1.807) is 6.20 Å². The molecular weight excluding hydrogens is 410 g/mol. The Morgan fingerprint density at radius 1 is 1.06 bits per heavy atom. The van der Waals surface area contributed by atoms with Crippen molar-refractivity contribution in [2.75, 3.05) is 36.4 Å². The van der Waals surface area contributed by atoms with Crippen LogP contribution < -0.4 is 10.2 Å². The normalized spacial score (nSPS) is 19.0. The van der Waals surface area contributed by atoms with Gasteiger partial charge in [0.2, 0.25) is 11.9 Å². The van der Waals surface area contributed by atoms with Gasteiger partial charge in [-0.2, -0.15) is 4.98 Å².